The van der Waals surface area contributed by atoms with Crippen LogP contribution in [0, 0.1) is 17.0 Å². The molecule has 10 rings (SSSR count). The highest BCUT2D eigenvalue weighted by Gasteiger charge is 2.47. The number of carbonyl (C=O) groups excluding carboxylic acids is 5. The maximum absolute atomic E-state index is 16.3. The Kier molecular flexibility index (Phi) is 9.96. The largest absolute Gasteiger partial charge is 0.401 e. The number of fused-ring (bicyclic) bond motifs is 5. The van der Waals surface area contributed by atoms with Gasteiger partial charge in [-0.2, -0.15) is 18.3 Å². The lowest BCUT2D eigenvalue weighted by Crippen LogP contribution is -2.54. The third-order valence-corrected chi connectivity index (χ3v) is 14.4. The van der Waals surface area contributed by atoms with Gasteiger partial charge in [-0.1, -0.05) is 6.07 Å². The molecule has 6 aliphatic heterocycles. The van der Waals surface area contributed by atoms with Gasteiger partial charge in [-0.25, -0.2) is 8.78 Å². The first-order valence-corrected chi connectivity index (χ1v) is 21.5. The number of alkyl halides is 3. The third kappa shape index (κ3) is 7.24. The molecule has 5 amide bonds. The lowest BCUT2D eigenvalue weighted by molar-refractivity contribution is -0.155. The van der Waals surface area contributed by atoms with Crippen LogP contribution in [0.1, 0.15) is 100 Å². The fourth-order valence-electron chi connectivity index (χ4n) is 11.0. The Morgan fingerprint density at radius 3 is 2.14 bits per heavy atom. The molecule has 0 bridgehead atoms. The number of rotatable bonds is 6. The lowest BCUT2D eigenvalue weighted by atomic mass is 9.71. The molecular weight excluding hydrogens is 828 g/mol. The Morgan fingerprint density at radius 1 is 0.889 bits per heavy atom. The highest BCUT2D eigenvalue weighted by Crippen LogP contribution is 2.46. The van der Waals surface area contributed by atoms with Crippen molar-refractivity contribution in [3.8, 4) is 0 Å². The SMILES string of the molecule is C[C@@H]1Cc2c(ccc3[nH]ncc23)[C@@H](c2c(F)cc(N3CCC4(CCN(C(=O)CN5Cc6cc7c(cc6C5)C(=O)N(C5CCC(=O)NC5=O)C7=O)CC4)CC3)cc2F)N1CC(F)(F)F. The molecule has 6 aliphatic rings. The van der Waals surface area contributed by atoms with Crippen LogP contribution < -0.4 is 10.2 Å². The molecule has 1 unspecified atom stereocenters. The summed E-state index contributed by atoms with van der Waals surface area (Å²) in [5, 5.41) is 9.87. The van der Waals surface area contributed by atoms with E-state index >= 15 is 8.78 Å². The predicted octanol–water partition coefficient (Wildman–Crippen LogP) is 5.37. The number of imide groups is 2. The molecule has 3 fully saturated rings. The predicted molar refractivity (Wildman–Crippen MR) is 217 cm³/mol. The Bertz CT molecular complexity index is 2530. The van der Waals surface area contributed by atoms with Crippen molar-refractivity contribution in [1.29, 1.82) is 0 Å². The summed E-state index contributed by atoms with van der Waals surface area (Å²) in [7, 11) is 0. The van der Waals surface area contributed by atoms with Crippen LogP contribution in [-0.4, -0.2) is 117 Å². The first kappa shape index (κ1) is 41.3. The van der Waals surface area contributed by atoms with E-state index < -0.39 is 71.7 Å². The Balaban J connectivity index is 0.762. The lowest BCUT2D eigenvalue weighted by Gasteiger charge is -2.47. The van der Waals surface area contributed by atoms with Crippen LogP contribution in [0.4, 0.5) is 27.6 Å². The molecule has 3 saturated heterocycles. The Morgan fingerprint density at radius 2 is 1.52 bits per heavy atom. The zero-order chi connectivity index (χ0) is 44.1. The first-order chi connectivity index (χ1) is 30.1. The van der Waals surface area contributed by atoms with E-state index in [1.54, 1.807) is 37.4 Å². The van der Waals surface area contributed by atoms with Crippen molar-refractivity contribution < 1.29 is 45.9 Å². The normalized spacial score (nSPS) is 24.0. The molecule has 3 atom stereocenters. The zero-order valence-electron chi connectivity index (χ0n) is 34.5. The fourth-order valence-corrected chi connectivity index (χ4v) is 11.0. The molecule has 1 aromatic heterocycles. The van der Waals surface area contributed by atoms with Crippen molar-refractivity contribution in [2.45, 2.75) is 89.3 Å². The van der Waals surface area contributed by atoms with Crippen LogP contribution in [0.3, 0.4) is 0 Å². The average Bonchev–Trinajstić information content (AvgIpc) is 3.94. The van der Waals surface area contributed by atoms with Gasteiger partial charge in [-0.3, -0.25) is 49.1 Å². The molecule has 0 radical (unpaired) electrons. The molecule has 7 heterocycles. The summed E-state index contributed by atoms with van der Waals surface area (Å²) in [4.78, 5) is 72.2. The number of nitrogens with zero attached hydrogens (tertiary/aromatic N) is 6. The van der Waals surface area contributed by atoms with E-state index in [9.17, 15) is 37.1 Å². The van der Waals surface area contributed by atoms with E-state index in [2.05, 4.69) is 15.5 Å². The van der Waals surface area contributed by atoms with Crippen molar-refractivity contribution >= 4 is 46.1 Å². The van der Waals surface area contributed by atoms with Crippen molar-refractivity contribution in [2.75, 3.05) is 44.2 Å². The standard InChI is InChI=1S/C45H45F5N8O5/c1-24-14-29-28(2-3-35-32(29)19-51-53-35)40(57(24)23-45(48,49)50)39-33(46)17-27(18-34(39)47)55-10-6-44(7-11-55)8-12-56(13-9-44)38(60)22-54-20-25-15-30-31(16-26(25)21-54)43(63)58(42(30)62)36-4-5-37(59)52-41(36)61/h2-3,15-19,24,36,40H,4-14,20-23H2,1H3,(H,51,53)(H,52,59,61)/t24-,36?,40+/m1/s1. The number of carbonyl (C=O) groups is 5. The number of benzene rings is 3. The molecule has 13 nitrogen and oxygen atoms in total. The van der Waals surface area contributed by atoms with E-state index in [1.165, 1.54) is 12.1 Å². The number of amides is 5. The number of likely N-dealkylation sites (tertiary alicyclic amines) is 1. The van der Waals surface area contributed by atoms with Gasteiger partial charge in [0, 0.05) is 68.4 Å². The summed E-state index contributed by atoms with van der Waals surface area (Å²) >= 11 is 0. The molecule has 18 heteroatoms. The van der Waals surface area contributed by atoms with E-state index in [0.717, 1.165) is 57.6 Å². The maximum atomic E-state index is 16.3. The van der Waals surface area contributed by atoms with E-state index in [4.69, 9.17) is 0 Å². The first-order valence-electron chi connectivity index (χ1n) is 21.5. The van der Waals surface area contributed by atoms with Gasteiger partial charge >= 0.3 is 6.18 Å². The van der Waals surface area contributed by atoms with Crippen molar-refractivity contribution in [3.63, 3.8) is 0 Å². The van der Waals surface area contributed by atoms with Crippen LogP contribution >= 0.6 is 0 Å². The second kappa shape index (κ2) is 15.2. The molecule has 2 N–H and O–H groups in total. The number of aromatic amines is 1. The van der Waals surface area contributed by atoms with Crippen LogP contribution in [0.2, 0.25) is 0 Å². The Labute approximate surface area is 358 Å². The van der Waals surface area contributed by atoms with Crippen LogP contribution in [0.25, 0.3) is 10.9 Å². The molecular formula is C45H45F5N8O5. The second-order valence-electron chi connectivity index (χ2n) is 18.2. The van der Waals surface area contributed by atoms with E-state index in [-0.39, 0.29) is 48.3 Å². The summed E-state index contributed by atoms with van der Waals surface area (Å²) < 4.78 is 74.5. The van der Waals surface area contributed by atoms with E-state index in [1.807, 2.05) is 14.7 Å². The van der Waals surface area contributed by atoms with Gasteiger partial charge in [0.15, 0.2) is 0 Å². The number of anilines is 1. The summed E-state index contributed by atoms with van der Waals surface area (Å²) in [6, 6.07) is 6.16. The topological polar surface area (TPSA) is 142 Å². The highest BCUT2D eigenvalue weighted by atomic mass is 19.4. The smallest absolute Gasteiger partial charge is 0.371 e. The monoisotopic (exact) mass is 872 g/mol. The van der Waals surface area contributed by atoms with Gasteiger partial charge < -0.3 is 9.80 Å². The van der Waals surface area contributed by atoms with Gasteiger partial charge in [-0.05, 0) is 103 Å². The Hall–Kier alpha value is -5.75. The summed E-state index contributed by atoms with van der Waals surface area (Å²) in [5.74, 6) is -4.07. The van der Waals surface area contributed by atoms with Gasteiger partial charge in [0.05, 0.1) is 42.0 Å². The minimum atomic E-state index is -4.59. The molecule has 0 aliphatic carbocycles. The molecule has 3 aromatic carbocycles. The average molecular weight is 873 g/mol. The van der Waals surface area contributed by atoms with Crippen molar-refractivity contribution in [2.24, 2.45) is 5.41 Å². The minimum Gasteiger partial charge on any atom is -0.371 e. The molecule has 330 valence electrons. The van der Waals surface area contributed by atoms with E-state index in [0.29, 0.717) is 56.0 Å². The third-order valence-electron chi connectivity index (χ3n) is 14.4. The molecule has 0 saturated carbocycles. The van der Waals surface area contributed by atoms with Crippen LogP contribution in [-0.2, 0) is 33.9 Å². The highest BCUT2D eigenvalue weighted by molar-refractivity contribution is 6.23. The number of nitrogens with one attached hydrogen (secondary N) is 2. The van der Waals surface area contributed by atoms with Gasteiger partial charge in [0.2, 0.25) is 17.7 Å². The summed E-state index contributed by atoms with van der Waals surface area (Å²) in [6.45, 7) is 3.49. The summed E-state index contributed by atoms with van der Waals surface area (Å²) in [5.41, 5.74) is 3.81. The van der Waals surface area contributed by atoms with Gasteiger partial charge in [-0.15, -0.1) is 0 Å². The fraction of sp³-hybridized carbons (Fsp3) is 0.467. The van der Waals surface area contributed by atoms with Crippen LogP contribution in [0.5, 0.6) is 0 Å². The quantitative estimate of drug-likeness (QED) is 0.194. The number of halogens is 5. The van der Waals surface area contributed by atoms with Crippen molar-refractivity contribution in [1.82, 2.24) is 35.1 Å². The maximum Gasteiger partial charge on any atom is 0.401 e. The molecule has 63 heavy (non-hydrogen) atoms. The second-order valence-corrected chi connectivity index (χ2v) is 18.2. The van der Waals surface area contributed by atoms with Crippen molar-refractivity contribution in [3.05, 3.63) is 93.2 Å². The van der Waals surface area contributed by atoms with Gasteiger partial charge in [0.25, 0.3) is 11.8 Å². The number of hydrogen-bond donors (Lipinski definition) is 2. The number of hydrogen-bond acceptors (Lipinski definition) is 9. The number of piperidine rings is 3. The number of H-pyrrole nitrogens is 1. The zero-order valence-corrected chi connectivity index (χ0v) is 34.5. The molecule has 4 aromatic rings. The summed E-state index contributed by atoms with van der Waals surface area (Å²) in [6.07, 6.45) is 0.420. The number of aromatic nitrogens is 2. The van der Waals surface area contributed by atoms with Gasteiger partial charge in [0.1, 0.15) is 17.7 Å². The minimum absolute atomic E-state index is 0.0252. The molecule has 1 spiro atoms. The van der Waals surface area contributed by atoms with Crippen LogP contribution in [0.15, 0.2) is 42.6 Å².